The van der Waals surface area contributed by atoms with Crippen LogP contribution >= 0.6 is 0 Å². The summed E-state index contributed by atoms with van der Waals surface area (Å²) < 4.78 is 5.49. The Balaban J connectivity index is 2.76. The minimum Gasteiger partial charge on any atom is -0.380 e. The number of nitrogens with two attached hydrogens (primary N) is 1. The third kappa shape index (κ3) is 2.00. The van der Waals surface area contributed by atoms with Crippen molar-refractivity contribution in [2.75, 3.05) is 6.61 Å². The van der Waals surface area contributed by atoms with Crippen LogP contribution in [0.5, 0.6) is 0 Å². The highest BCUT2D eigenvalue weighted by Crippen LogP contribution is 2.34. The van der Waals surface area contributed by atoms with Crippen molar-refractivity contribution >= 4 is 5.91 Å². The Labute approximate surface area is 78.1 Å². The number of hydrogen-bond donors (Lipinski definition) is 2. The number of carbonyl (C=O) groups is 1. The zero-order valence-electron chi connectivity index (χ0n) is 8.17. The van der Waals surface area contributed by atoms with E-state index < -0.39 is 17.1 Å². The van der Waals surface area contributed by atoms with E-state index in [9.17, 15) is 9.90 Å². The van der Waals surface area contributed by atoms with Crippen molar-refractivity contribution in [3.63, 3.8) is 0 Å². The van der Waals surface area contributed by atoms with Gasteiger partial charge >= 0.3 is 0 Å². The van der Waals surface area contributed by atoms with Crippen molar-refractivity contribution in [2.45, 2.75) is 44.3 Å². The number of carbonyl (C=O) groups excluding carboxylic acids is 1. The number of primary amides is 1. The minimum atomic E-state index is -1.37. The highest BCUT2D eigenvalue weighted by Gasteiger charge is 2.44. The summed E-state index contributed by atoms with van der Waals surface area (Å²) in [5.74, 6) is -0.643. The van der Waals surface area contributed by atoms with Crippen LogP contribution in [0.1, 0.15) is 33.1 Å². The smallest absolute Gasteiger partial charge is 0.249 e. The molecule has 0 aromatic rings. The average Bonchev–Trinajstić information content (AvgIpc) is 2.04. The van der Waals surface area contributed by atoms with E-state index in [0.717, 1.165) is 6.42 Å². The van der Waals surface area contributed by atoms with Crippen LogP contribution in [0.4, 0.5) is 0 Å². The Morgan fingerprint density at radius 2 is 2.31 bits per heavy atom. The third-order valence-electron chi connectivity index (χ3n) is 2.84. The molecule has 0 spiro atoms. The molecule has 1 rings (SSSR count). The first-order valence-electron chi connectivity index (χ1n) is 4.58. The normalized spacial score (nSPS) is 40.2. The van der Waals surface area contributed by atoms with Gasteiger partial charge in [0.1, 0.15) is 5.60 Å². The quantitative estimate of drug-likeness (QED) is 0.647. The maximum atomic E-state index is 11.0. The topological polar surface area (TPSA) is 72.5 Å². The number of amides is 1. The lowest BCUT2D eigenvalue weighted by atomic mass is 9.81. The molecule has 0 radical (unpaired) electrons. The van der Waals surface area contributed by atoms with Crippen molar-refractivity contribution in [3.05, 3.63) is 0 Å². The van der Waals surface area contributed by atoms with Gasteiger partial charge in [0.15, 0.2) is 0 Å². The number of aliphatic hydroxyl groups is 1. The summed E-state index contributed by atoms with van der Waals surface area (Å²) >= 11 is 0. The second-order valence-corrected chi connectivity index (χ2v) is 3.97. The van der Waals surface area contributed by atoms with Crippen LogP contribution in [0.25, 0.3) is 0 Å². The molecule has 1 aliphatic heterocycles. The summed E-state index contributed by atoms with van der Waals surface area (Å²) in [6.45, 7) is 4.25. The summed E-state index contributed by atoms with van der Waals surface area (Å²) in [5, 5.41) is 9.86. The Bertz CT molecular complexity index is 219. The number of ether oxygens (including phenoxy) is 1. The molecule has 1 heterocycles. The lowest BCUT2D eigenvalue weighted by Crippen LogP contribution is -2.54. The Kier molecular flexibility index (Phi) is 2.63. The largest absolute Gasteiger partial charge is 0.380 e. The van der Waals surface area contributed by atoms with E-state index in [-0.39, 0.29) is 0 Å². The fourth-order valence-corrected chi connectivity index (χ4v) is 1.66. The predicted octanol–water partition coefficient (Wildman–Crippen LogP) is 0.182. The molecule has 0 saturated carbocycles. The summed E-state index contributed by atoms with van der Waals surface area (Å²) in [5.41, 5.74) is 3.35. The van der Waals surface area contributed by atoms with Gasteiger partial charge in [0.25, 0.3) is 0 Å². The van der Waals surface area contributed by atoms with Gasteiger partial charge in [-0.05, 0) is 13.3 Å². The van der Waals surface area contributed by atoms with Crippen LogP contribution in [-0.2, 0) is 9.53 Å². The van der Waals surface area contributed by atoms with Crippen LogP contribution < -0.4 is 5.73 Å². The van der Waals surface area contributed by atoms with Gasteiger partial charge in [0.2, 0.25) is 5.91 Å². The van der Waals surface area contributed by atoms with E-state index in [0.29, 0.717) is 19.4 Å². The van der Waals surface area contributed by atoms with Crippen LogP contribution in [0.3, 0.4) is 0 Å². The molecule has 0 aliphatic carbocycles. The summed E-state index contributed by atoms with van der Waals surface area (Å²) in [6, 6.07) is 0. The first kappa shape index (κ1) is 10.5. The van der Waals surface area contributed by atoms with Gasteiger partial charge in [-0.15, -0.1) is 0 Å². The van der Waals surface area contributed by atoms with Gasteiger partial charge < -0.3 is 15.6 Å². The number of rotatable bonds is 2. The van der Waals surface area contributed by atoms with E-state index in [1.54, 1.807) is 0 Å². The van der Waals surface area contributed by atoms with Crippen molar-refractivity contribution < 1.29 is 14.6 Å². The molecule has 76 valence electrons. The predicted molar refractivity (Wildman–Crippen MR) is 48.0 cm³/mol. The summed E-state index contributed by atoms with van der Waals surface area (Å²) in [6.07, 6.45) is 1.37. The molecule has 4 heteroatoms. The molecule has 2 atom stereocenters. The molecule has 0 bridgehead atoms. The lowest BCUT2D eigenvalue weighted by Gasteiger charge is -2.41. The Morgan fingerprint density at radius 3 is 2.77 bits per heavy atom. The third-order valence-corrected chi connectivity index (χ3v) is 2.84. The number of hydrogen-bond acceptors (Lipinski definition) is 3. The van der Waals surface area contributed by atoms with Crippen molar-refractivity contribution in [2.24, 2.45) is 5.73 Å². The maximum Gasteiger partial charge on any atom is 0.249 e. The van der Waals surface area contributed by atoms with Gasteiger partial charge in [0, 0.05) is 12.8 Å². The van der Waals surface area contributed by atoms with Gasteiger partial charge in [0.05, 0.1) is 12.2 Å². The van der Waals surface area contributed by atoms with Crippen LogP contribution in [-0.4, -0.2) is 28.8 Å². The first-order chi connectivity index (χ1) is 5.92. The second-order valence-electron chi connectivity index (χ2n) is 3.97. The Morgan fingerprint density at radius 1 is 1.69 bits per heavy atom. The highest BCUT2D eigenvalue weighted by molar-refractivity contribution is 5.83. The van der Waals surface area contributed by atoms with Crippen molar-refractivity contribution in [1.29, 1.82) is 0 Å². The van der Waals surface area contributed by atoms with Crippen LogP contribution in [0.15, 0.2) is 0 Å². The highest BCUT2D eigenvalue weighted by atomic mass is 16.5. The second kappa shape index (κ2) is 3.27. The van der Waals surface area contributed by atoms with Crippen molar-refractivity contribution in [3.8, 4) is 0 Å². The van der Waals surface area contributed by atoms with E-state index in [2.05, 4.69) is 0 Å². The molecular formula is C9H17NO3. The zero-order chi connectivity index (χ0) is 10.1. The van der Waals surface area contributed by atoms with E-state index in [1.807, 2.05) is 13.8 Å². The molecule has 0 aromatic carbocycles. The molecular weight excluding hydrogens is 170 g/mol. The summed E-state index contributed by atoms with van der Waals surface area (Å²) in [4.78, 5) is 11.0. The van der Waals surface area contributed by atoms with E-state index in [4.69, 9.17) is 10.5 Å². The molecule has 1 amide bonds. The molecule has 2 unspecified atom stereocenters. The standard InChI is InChI=1S/C9H17NO3/c1-3-8(2)6-9(12,7(10)11)4-5-13-8/h12H,3-6H2,1-2H3,(H2,10,11). The van der Waals surface area contributed by atoms with Crippen LogP contribution in [0, 0.1) is 0 Å². The molecule has 1 fully saturated rings. The van der Waals surface area contributed by atoms with Gasteiger partial charge in [-0.25, -0.2) is 0 Å². The van der Waals surface area contributed by atoms with Gasteiger partial charge in [-0.1, -0.05) is 6.92 Å². The Hall–Kier alpha value is -0.610. The first-order valence-corrected chi connectivity index (χ1v) is 4.58. The van der Waals surface area contributed by atoms with Crippen molar-refractivity contribution in [1.82, 2.24) is 0 Å². The molecule has 13 heavy (non-hydrogen) atoms. The van der Waals surface area contributed by atoms with Gasteiger partial charge in [-0.3, -0.25) is 4.79 Å². The van der Waals surface area contributed by atoms with Crippen LogP contribution in [0.2, 0.25) is 0 Å². The fourth-order valence-electron chi connectivity index (χ4n) is 1.66. The summed E-state index contributed by atoms with van der Waals surface area (Å²) in [7, 11) is 0. The fraction of sp³-hybridized carbons (Fsp3) is 0.889. The monoisotopic (exact) mass is 187 g/mol. The SMILES string of the molecule is CCC1(C)CC(O)(C(N)=O)CCO1. The van der Waals surface area contributed by atoms with E-state index in [1.165, 1.54) is 0 Å². The average molecular weight is 187 g/mol. The zero-order valence-corrected chi connectivity index (χ0v) is 8.17. The molecule has 1 aliphatic rings. The molecule has 3 N–H and O–H groups in total. The lowest BCUT2D eigenvalue weighted by molar-refractivity contribution is -0.171. The maximum absolute atomic E-state index is 11.0. The minimum absolute atomic E-state index is 0.297. The van der Waals surface area contributed by atoms with Gasteiger partial charge in [-0.2, -0.15) is 0 Å². The molecule has 1 saturated heterocycles. The molecule has 4 nitrogen and oxygen atoms in total. The van der Waals surface area contributed by atoms with E-state index >= 15 is 0 Å². The molecule has 0 aromatic heterocycles.